The number of nitrogens with one attached hydrogen (secondary N) is 1. The van der Waals surface area contributed by atoms with Crippen molar-refractivity contribution in [2.24, 2.45) is 7.05 Å². The Kier molecular flexibility index (Phi) is 7.32. The second-order valence-corrected chi connectivity index (χ2v) is 11.2. The summed E-state index contributed by atoms with van der Waals surface area (Å²) in [6.07, 6.45) is 7.62. The minimum absolute atomic E-state index is 0.199. The number of carbonyl (C=O) groups excluding carboxylic acids is 1. The Bertz CT molecular complexity index is 1880. The number of benzene rings is 3. The third-order valence-corrected chi connectivity index (χ3v) is 7.95. The number of fused-ring (bicyclic) bond motifs is 1. The van der Waals surface area contributed by atoms with Crippen molar-refractivity contribution in [3.05, 3.63) is 120 Å². The van der Waals surface area contributed by atoms with Crippen LogP contribution in [0.5, 0.6) is 5.75 Å². The molecule has 1 fully saturated rings. The third-order valence-electron chi connectivity index (χ3n) is 7.95. The number of methoxy groups -OCH3 is 1. The zero-order valence-electron chi connectivity index (χ0n) is 24.7. The smallest absolute Gasteiger partial charge is 0.340 e. The number of aromatic amines is 1. The van der Waals surface area contributed by atoms with Crippen LogP contribution >= 0.6 is 0 Å². The molecule has 8 nitrogen and oxygen atoms in total. The van der Waals surface area contributed by atoms with Crippen molar-refractivity contribution < 1.29 is 14.3 Å². The van der Waals surface area contributed by atoms with Crippen LogP contribution in [0, 0.1) is 0 Å². The van der Waals surface area contributed by atoms with Gasteiger partial charge in [-0.1, -0.05) is 66.7 Å². The van der Waals surface area contributed by atoms with Gasteiger partial charge in [0.25, 0.3) is 0 Å². The van der Waals surface area contributed by atoms with Crippen LogP contribution in [0.15, 0.2) is 104 Å². The molecule has 0 saturated heterocycles. The van der Waals surface area contributed by atoms with E-state index in [1.807, 2.05) is 60.3 Å². The monoisotopic (exact) mass is 583 g/mol. The molecule has 0 bridgehead atoms. The number of carbonyl (C=O) groups is 1. The van der Waals surface area contributed by atoms with E-state index in [2.05, 4.69) is 57.3 Å². The summed E-state index contributed by atoms with van der Waals surface area (Å²) < 4.78 is 13.6. The van der Waals surface area contributed by atoms with Gasteiger partial charge in [-0.05, 0) is 42.2 Å². The molecule has 1 N–H and O–H groups in total. The van der Waals surface area contributed by atoms with Gasteiger partial charge in [-0.2, -0.15) is 0 Å². The number of hydrogen-bond acceptors (Lipinski definition) is 6. The van der Waals surface area contributed by atoms with E-state index in [1.54, 1.807) is 12.4 Å². The topological polar surface area (TPSA) is 85.3 Å². The van der Waals surface area contributed by atoms with Gasteiger partial charge in [-0.25, -0.2) is 14.8 Å². The third kappa shape index (κ3) is 5.54. The highest BCUT2D eigenvalue weighted by Crippen LogP contribution is 2.40. The molecule has 0 spiro atoms. The van der Waals surface area contributed by atoms with Crippen LogP contribution in [-0.4, -0.2) is 38.7 Å². The summed E-state index contributed by atoms with van der Waals surface area (Å²) in [7, 11) is 3.37. The predicted molar refractivity (Wildman–Crippen MR) is 171 cm³/mol. The van der Waals surface area contributed by atoms with Crippen LogP contribution in [-0.2, 0) is 24.9 Å². The van der Waals surface area contributed by atoms with Gasteiger partial charge in [0, 0.05) is 55.2 Å². The number of hydrogen-bond donors (Lipinski definition) is 1. The first-order valence-electron chi connectivity index (χ1n) is 14.8. The highest BCUT2D eigenvalue weighted by Gasteiger charge is 2.27. The number of pyridine rings is 1. The molecule has 0 radical (unpaired) electrons. The van der Waals surface area contributed by atoms with Gasteiger partial charge in [0.1, 0.15) is 11.6 Å². The van der Waals surface area contributed by atoms with Crippen molar-refractivity contribution in [1.29, 1.82) is 0 Å². The Balaban J connectivity index is 1.37. The molecule has 44 heavy (non-hydrogen) atoms. The van der Waals surface area contributed by atoms with Crippen molar-refractivity contribution in [2.45, 2.75) is 32.0 Å². The number of nitrogens with zero attached hydrogens (tertiary/aromatic N) is 4. The van der Waals surface area contributed by atoms with Crippen molar-refractivity contribution in [3.8, 4) is 28.4 Å². The lowest BCUT2D eigenvalue weighted by Gasteiger charge is -2.25. The molecule has 0 amide bonds. The summed E-state index contributed by atoms with van der Waals surface area (Å²) in [5.41, 5.74) is 6.20. The summed E-state index contributed by atoms with van der Waals surface area (Å²) in [4.78, 5) is 28.2. The molecule has 1 saturated carbocycles. The maximum Gasteiger partial charge on any atom is 0.340 e. The number of anilines is 1. The molecule has 7 rings (SSSR count). The lowest BCUT2D eigenvalue weighted by molar-refractivity contribution is 0.0602. The summed E-state index contributed by atoms with van der Waals surface area (Å²) in [5, 5.41) is 0.744. The first kappa shape index (κ1) is 27.5. The Morgan fingerprint density at radius 3 is 2.27 bits per heavy atom. The van der Waals surface area contributed by atoms with E-state index in [1.165, 1.54) is 7.11 Å². The Hall–Kier alpha value is -5.37. The molecule has 1 aliphatic carbocycles. The minimum Gasteiger partial charge on any atom is -0.490 e. The van der Waals surface area contributed by atoms with E-state index in [0.29, 0.717) is 18.7 Å². The summed E-state index contributed by atoms with van der Waals surface area (Å²) in [6, 6.07) is 28.8. The van der Waals surface area contributed by atoms with Gasteiger partial charge in [0.05, 0.1) is 30.0 Å². The van der Waals surface area contributed by atoms with Gasteiger partial charge >= 0.3 is 5.97 Å². The van der Waals surface area contributed by atoms with E-state index in [9.17, 15) is 4.79 Å². The molecule has 3 aromatic carbocycles. The highest BCUT2D eigenvalue weighted by molar-refractivity contribution is 6.08. The van der Waals surface area contributed by atoms with Crippen LogP contribution in [0.4, 0.5) is 5.82 Å². The average molecular weight is 584 g/mol. The number of esters is 1. The number of imidazole rings is 1. The number of H-pyrrole nitrogens is 1. The van der Waals surface area contributed by atoms with Crippen molar-refractivity contribution in [1.82, 2.24) is 19.5 Å². The zero-order chi connectivity index (χ0) is 30.0. The second kappa shape index (κ2) is 11.7. The van der Waals surface area contributed by atoms with E-state index in [-0.39, 0.29) is 6.10 Å². The number of aryl methyl sites for hydroxylation is 1. The lowest BCUT2D eigenvalue weighted by Crippen LogP contribution is -2.24. The normalized spacial score (nSPS) is 12.8. The SMILES string of the molecule is COC(=O)c1cnc(N(Cc2ccccc2)Cc2ccccc2)c2[nH]c(-c3ccc(-c4nccn4C)cc3OC3CC3)cc12. The number of ether oxygens (including phenoxy) is 2. The van der Waals surface area contributed by atoms with E-state index < -0.39 is 5.97 Å². The maximum atomic E-state index is 12.9. The molecule has 1 aliphatic rings. The fraction of sp³-hybridized carbons (Fsp3) is 0.194. The van der Waals surface area contributed by atoms with Crippen molar-refractivity contribution >= 4 is 22.7 Å². The maximum absolute atomic E-state index is 12.9. The van der Waals surface area contributed by atoms with E-state index in [4.69, 9.17) is 14.5 Å². The molecule has 0 unspecified atom stereocenters. The van der Waals surface area contributed by atoms with Crippen LogP contribution in [0.1, 0.15) is 34.3 Å². The molecule has 220 valence electrons. The molecule has 6 aromatic rings. The van der Waals surface area contributed by atoms with Crippen molar-refractivity contribution in [3.63, 3.8) is 0 Å². The van der Waals surface area contributed by atoms with Crippen LogP contribution < -0.4 is 9.64 Å². The van der Waals surface area contributed by atoms with Crippen molar-refractivity contribution in [2.75, 3.05) is 12.0 Å². The molecule has 3 heterocycles. The van der Waals surface area contributed by atoms with Crippen LogP contribution in [0.2, 0.25) is 0 Å². The quantitative estimate of drug-likeness (QED) is 0.172. The zero-order valence-corrected chi connectivity index (χ0v) is 24.7. The number of aromatic nitrogens is 4. The Labute approximate surface area is 255 Å². The molecular formula is C36H33N5O3. The van der Waals surface area contributed by atoms with E-state index in [0.717, 1.165) is 69.1 Å². The number of rotatable bonds is 10. The average Bonchev–Trinajstić information content (AvgIpc) is 3.58. The molecule has 0 aliphatic heterocycles. The van der Waals surface area contributed by atoms with Gasteiger partial charge in [-0.15, -0.1) is 0 Å². The van der Waals surface area contributed by atoms with E-state index >= 15 is 0 Å². The Morgan fingerprint density at radius 2 is 1.66 bits per heavy atom. The first-order valence-corrected chi connectivity index (χ1v) is 14.8. The molecule has 8 heteroatoms. The fourth-order valence-corrected chi connectivity index (χ4v) is 5.56. The lowest BCUT2D eigenvalue weighted by atomic mass is 10.1. The summed E-state index contributed by atoms with van der Waals surface area (Å²) in [5.74, 6) is 1.96. The van der Waals surface area contributed by atoms with Crippen LogP contribution in [0.25, 0.3) is 33.5 Å². The Morgan fingerprint density at radius 1 is 0.955 bits per heavy atom. The van der Waals surface area contributed by atoms with Gasteiger partial charge in [-0.3, -0.25) is 0 Å². The second-order valence-electron chi connectivity index (χ2n) is 11.2. The van der Waals surface area contributed by atoms with Gasteiger partial charge in [0.15, 0.2) is 5.82 Å². The molecular weight excluding hydrogens is 550 g/mol. The van der Waals surface area contributed by atoms with Crippen LogP contribution in [0.3, 0.4) is 0 Å². The summed E-state index contributed by atoms with van der Waals surface area (Å²) in [6.45, 7) is 1.27. The minimum atomic E-state index is -0.433. The molecule has 3 aromatic heterocycles. The largest absolute Gasteiger partial charge is 0.490 e. The van der Waals surface area contributed by atoms with Gasteiger partial charge < -0.3 is 23.9 Å². The predicted octanol–water partition coefficient (Wildman–Crippen LogP) is 7.17. The first-order chi connectivity index (χ1) is 21.6. The van der Waals surface area contributed by atoms with Gasteiger partial charge in [0.2, 0.25) is 0 Å². The summed E-state index contributed by atoms with van der Waals surface area (Å²) >= 11 is 0. The standard InChI is InChI=1S/C36H33N5O3/c1-40-18-17-37-34(40)26-13-16-28(32(19-26)44-27-14-15-27)31-20-29-30(36(42)43-2)21-38-35(33(29)39-31)41(22-24-9-5-3-6-10-24)23-25-11-7-4-8-12-25/h3-13,16-21,27,39H,14-15,22-23H2,1-2H3. The molecule has 0 atom stereocenters. The fourth-order valence-electron chi connectivity index (χ4n) is 5.56. The highest BCUT2D eigenvalue weighted by atomic mass is 16.5.